The molecule has 0 aliphatic heterocycles. The van der Waals surface area contributed by atoms with Gasteiger partial charge in [0, 0.05) is 28.2 Å². The Hall–Kier alpha value is -4.59. The molecule has 0 saturated heterocycles. The second-order valence-corrected chi connectivity index (χ2v) is 7.94. The van der Waals surface area contributed by atoms with Gasteiger partial charge in [0.2, 0.25) is 11.6 Å². The van der Waals surface area contributed by atoms with Crippen molar-refractivity contribution in [3.63, 3.8) is 0 Å². The van der Waals surface area contributed by atoms with Crippen LogP contribution in [0.15, 0.2) is 76.2 Å². The highest BCUT2D eigenvalue weighted by Gasteiger charge is 2.20. The Morgan fingerprint density at radius 1 is 0.857 bits per heavy atom. The molecule has 0 saturated carbocycles. The van der Waals surface area contributed by atoms with Crippen molar-refractivity contribution in [2.24, 2.45) is 0 Å². The zero-order chi connectivity index (χ0) is 24.5. The summed E-state index contributed by atoms with van der Waals surface area (Å²) in [6.07, 6.45) is 1.74. The lowest BCUT2D eigenvalue weighted by atomic mass is 10.1. The first-order valence-corrected chi connectivity index (χ1v) is 10.9. The third-order valence-corrected chi connectivity index (χ3v) is 5.82. The molecule has 0 unspecified atom stereocenters. The summed E-state index contributed by atoms with van der Waals surface area (Å²) in [4.78, 5) is 17.9. The molecule has 0 bridgehead atoms. The van der Waals surface area contributed by atoms with Crippen LogP contribution in [0.1, 0.15) is 5.56 Å². The first-order chi connectivity index (χ1) is 17.0. The highest BCUT2D eigenvalue weighted by atomic mass is 16.5. The normalized spacial score (nSPS) is 11.0. The Bertz CT molecular complexity index is 1560. The second-order valence-electron chi connectivity index (χ2n) is 7.94. The summed E-state index contributed by atoms with van der Waals surface area (Å²) in [5.41, 5.74) is 3.00. The van der Waals surface area contributed by atoms with Gasteiger partial charge < -0.3 is 18.7 Å². The minimum atomic E-state index is -0.127. The molecular weight excluding hydrogens is 446 g/mol. The smallest absolute Gasteiger partial charge is 0.262 e. The number of benzene rings is 3. The molecule has 0 aliphatic rings. The second kappa shape index (κ2) is 8.98. The van der Waals surface area contributed by atoms with E-state index in [0.717, 1.165) is 16.6 Å². The lowest BCUT2D eigenvalue weighted by molar-refractivity contribution is 0.324. The predicted molar refractivity (Wildman–Crippen MR) is 133 cm³/mol. The van der Waals surface area contributed by atoms with E-state index >= 15 is 0 Å². The summed E-state index contributed by atoms with van der Waals surface area (Å²) >= 11 is 0. The molecule has 35 heavy (non-hydrogen) atoms. The van der Waals surface area contributed by atoms with Crippen LogP contribution >= 0.6 is 0 Å². The van der Waals surface area contributed by atoms with Crippen LogP contribution in [0.25, 0.3) is 39.3 Å². The molecule has 0 atom stereocenters. The van der Waals surface area contributed by atoms with E-state index in [-0.39, 0.29) is 11.4 Å². The molecule has 8 nitrogen and oxygen atoms in total. The van der Waals surface area contributed by atoms with Gasteiger partial charge in [-0.2, -0.15) is 4.98 Å². The van der Waals surface area contributed by atoms with Gasteiger partial charge in [-0.3, -0.25) is 9.36 Å². The Morgan fingerprint density at radius 2 is 1.51 bits per heavy atom. The number of hydrogen-bond donors (Lipinski definition) is 0. The van der Waals surface area contributed by atoms with Crippen LogP contribution in [-0.4, -0.2) is 36.0 Å². The van der Waals surface area contributed by atoms with E-state index in [0.29, 0.717) is 39.6 Å². The minimum absolute atomic E-state index is 0.127. The van der Waals surface area contributed by atoms with Crippen LogP contribution in [0.4, 0.5) is 0 Å². The Balaban J connectivity index is 1.68. The number of pyridine rings is 1. The van der Waals surface area contributed by atoms with Gasteiger partial charge in [-0.25, -0.2) is 0 Å². The molecule has 5 aromatic rings. The Morgan fingerprint density at radius 3 is 2.14 bits per heavy atom. The number of hydrogen-bond acceptors (Lipinski definition) is 7. The summed E-state index contributed by atoms with van der Waals surface area (Å²) in [5, 5.41) is 5.46. The van der Waals surface area contributed by atoms with Gasteiger partial charge in [0.05, 0.1) is 26.9 Å². The predicted octanol–water partition coefficient (Wildman–Crippen LogP) is 5.04. The summed E-state index contributed by atoms with van der Waals surface area (Å²) in [7, 11) is 4.63. The molecule has 0 spiro atoms. The maximum atomic E-state index is 13.3. The summed E-state index contributed by atoms with van der Waals surface area (Å²) < 4.78 is 23.6. The zero-order valence-corrected chi connectivity index (χ0v) is 19.7. The third-order valence-electron chi connectivity index (χ3n) is 5.82. The number of aryl methyl sites for hydroxylation is 1. The molecule has 2 heterocycles. The van der Waals surface area contributed by atoms with Crippen molar-refractivity contribution in [1.82, 2.24) is 14.7 Å². The molecule has 0 amide bonds. The van der Waals surface area contributed by atoms with Gasteiger partial charge in [0.25, 0.3) is 11.4 Å². The van der Waals surface area contributed by atoms with Crippen molar-refractivity contribution < 1.29 is 18.7 Å². The fourth-order valence-corrected chi connectivity index (χ4v) is 4.02. The number of ether oxygens (including phenoxy) is 3. The average Bonchev–Trinajstić information content (AvgIpc) is 3.39. The van der Waals surface area contributed by atoms with Gasteiger partial charge in [0.1, 0.15) is 0 Å². The van der Waals surface area contributed by atoms with Crippen LogP contribution in [0.2, 0.25) is 0 Å². The molecule has 0 fully saturated rings. The molecule has 0 aliphatic carbocycles. The fraction of sp³-hybridized carbons (Fsp3) is 0.148. The molecular formula is C27H23N3O5. The van der Waals surface area contributed by atoms with Gasteiger partial charge in [-0.1, -0.05) is 41.1 Å². The number of aromatic nitrogens is 3. The first kappa shape index (κ1) is 22.2. The van der Waals surface area contributed by atoms with Gasteiger partial charge in [-0.15, -0.1) is 0 Å². The SMILES string of the molecule is COc1cc(-c2noc(-c3cn(-c4ccc(C)cc4)c(=O)c4ccccc34)n2)cc(OC)c1OC. The monoisotopic (exact) mass is 469 g/mol. The van der Waals surface area contributed by atoms with E-state index in [2.05, 4.69) is 10.1 Å². The molecule has 176 valence electrons. The highest BCUT2D eigenvalue weighted by molar-refractivity contribution is 5.94. The molecule has 3 aromatic carbocycles. The topological polar surface area (TPSA) is 88.6 Å². The minimum Gasteiger partial charge on any atom is -0.493 e. The van der Waals surface area contributed by atoms with E-state index in [1.165, 1.54) is 0 Å². The standard InChI is InChI=1S/C27H23N3O5/c1-16-9-11-18(12-10-16)30-15-21(19-7-5-6-8-20(19)27(30)31)26-28-25(29-35-26)17-13-22(32-2)24(34-4)23(14-17)33-3/h5-15H,1-4H3. The van der Waals surface area contributed by atoms with Crippen molar-refractivity contribution in [3.05, 3.63) is 82.8 Å². The number of methoxy groups -OCH3 is 3. The third kappa shape index (κ3) is 3.89. The van der Waals surface area contributed by atoms with E-state index < -0.39 is 0 Å². The molecule has 2 aromatic heterocycles. The Kier molecular flexibility index (Phi) is 5.70. The molecule has 0 N–H and O–H groups in total. The van der Waals surface area contributed by atoms with Gasteiger partial charge >= 0.3 is 0 Å². The van der Waals surface area contributed by atoms with Crippen molar-refractivity contribution >= 4 is 10.8 Å². The van der Waals surface area contributed by atoms with Gasteiger partial charge in [0.15, 0.2) is 11.5 Å². The number of nitrogens with zero attached hydrogens (tertiary/aromatic N) is 3. The zero-order valence-electron chi connectivity index (χ0n) is 19.7. The Labute approximate surface area is 201 Å². The molecule has 0 radical (unpaired) electrons. The first-order valence-electron chi connectivity index (χ1n) is 10.9. The van der Waals surface area contributed by atoms with E-state index in [4.69, 9.17) is 18.7 Å². The van der Waals surface area contributed by atoms with Crippen LogP contribution < -0.4 is 19.8 Å². The van der Waals surface area contributed by atoms with Gasteiger partial charge in [-0.05, 0) is 37.3 Å². The van der Waals surface area contributed by atoms with Crippen LogP contribution in [0.3, 0.4) is 0 Å². The van der Waals surface area contributed by atoms with Crippen LogP contribution in [0, 0.1) is 6.92 Å². The highest BCUT2D eigenvalue weighted by Crippen LogP contribution is 2.41. The van der Waals surface area contributed by atoms with E-state index in [9.17, 15) is 4.79 Å². The largest absolute Gasteiger partial charge is 0.493 e. The van der Waals surface area contributed by atoms with Crippen LogP contribution in [-0.2, 0) is 0 Å². The van der Waals surface area contributed by atoms with E-state index in [1.807, 2.05) is 49.4 Å². The lowest BCUT2D eigenvalue weighted by Crippen LogP contribution is -2.18. The number of rotatable bonds is 6. The van der Waals surface area contributed by atoms with Crippen molar-refractivity contribution in [3.8, 4) is 45.8 Å². The maximum Gasteiger partial charge on any atom is 0.262 e. The summed E-state index contributed by atoms with van der Waals surface area (Å²) in [6.45, 7) is 2.00. The van der Waals surface area contributed by atoms with Crippen molar-refractivity contribution in [1.29, 1.82) is 0 Å². The molecule has 8 heteroatoms. The summed E-state index contributed by atoms with van der Waals surface area (Å²) in [5.74, 6) is 2.05. The molecule has 5 rings (SSSR count). The number of fused-ring (bicyclic) bond motifs is 1. The van der Waals surface area contributed by atoms with Crippen LogP contribution in [0.5, 0.6) is 17.2 Å². The van der Waals surface area contributed by atoms with E-state index in [1.54, 1.807) is 50.3 Å². The quantitative estimate of drug-likeness (QED) is 0.344. The van der Waals surface area contributed by atoms with Crippen molar-refractivity contribution in [2.75, 3.05) is 21.3 Å². The summed E-state index contributed by atoms with van der Waals surface area (Å²) in [6, 6.07) is 18.6. The average molecular weight is 469 g/mol. The van der Waals surface area contributed by atoms with Crippen molar-refractivity contribution in [2.45, 2.75) is 6.92 Å². The maximum absolute atomic E-state index is 13.3. The lowest BCUT2D eigenvalue weighted by Gasteiger charge is -2.12. The fourth-order valence-electron chi connectivity index (χ4n) is 4.02.